The van der Waals surface area contributed by atoms with Gasteiger partial charge in [-0.3, -0.25) is 4.79 Å². The SMILES string of the molecule is CCCCC(CC)NC(=O)c1cc(-c2ccc(C#N)cc2)n(-c2ccc(C)cc2)n1. The minimum Gasteiger partial charge on any atom is -0.348 e. The maximum atomic E-state index is 12.9. The van der Waals surface area contributed by atoms with Gasteiger partial charge in [-0.25, -0.2) is 4.68 Å². The largest absolute Gasteiger partial charge is 0.348 e. The number of nitrogens with one attached hydrogen (secondary N) is 1. The highest BCUT2D eigenvalue weighted by Crippen LogP contribution is 2.25. The van der Waals surface area contributed by atoms with E-state index < -0.39 is 0 Å². The van der Waals surface area contributed by atoms with Gasteiger partial charge in [0.15, 0.2) is 5.69 Å². The Bertz CT molecular complexity index is 1030. The topological polar surface area (TPSA) is 70.7 Å². The second-order valence-electron chi connectivity index (χ2n) is 7.57. The summed E-state index contributed by atoms with van der Waals surface area (Å²) in [7, 11) is 0. The molecule has 1 atom stereocenters. The van der Waals surface area contributed by atoms with E-state index in [9.17, 15) is 4.79 Å². The smallest absolute Gasteiger partial charge is 0.272 e. The molecule has 3 aromatic rings. The van der Waals surface area contributed by atoms with Crippen LogP contribution in [-0.4, -0.2) is 21.7 Å². The molecule has 3 rings (SSSR count). The lowest BCUT2D eigenvalue weighted by Gasteiger charge is -2.15. The van der Waals surface area contributed by atoms with Crippen LogP contribution in [0.15, 0.2) is 54.6 Å². The van der Waals surface area contributed by atoms with Gasteiger partial charge in [-0.2, -0.15) is 10.4 Å². The van der Waals surface area contributed by atoms with Gasteiger partial charge < -0.3 is 5.32 Å². The maximum absolute atomic E-state index is 12.9. The van der Waals surface area contributed by atoms with Crippen LogP contribution in [0.2, 0.25) is 0 Å². The molecule has 1 unspecified atom stereocenters. The Hall–Kier alpha value is -3.39. The third-order valence-electron chi connectivity index (χ3n) is 5.26. The van der Waals surface area contributed by atoms with E-state index in [1.165, 1.54) is 0 Å². The van der Waals surface area contributed by atoms with Gasteiger partial charge in [-0.1, -0.05) is 56.5 Å². The second-order valence-corrected chi connectivity index (χ2v) is 7.57. The maximum Gasteiger partial charge on any atom is 0.272 e. The molecule has 2 aromatic carbocycles. The molecule has 5 heteroatoms. The van der Waals surface area contributed by atoms with Crippen molar-refractivity contribution in [3.63, 3.8) is 0 Å². The van der Waals surface area contributed by atoms with E-state index in [0.717, 1.165) is 48.2 Å². The molecule has 0 fully saturated rings. The number of nitrogens with zero attached hydrogens (tertiary/aromatic N) is 3. The first kappa shape index (κ1) is 21.3. The fraction of sp³-hybridized carbons (Fsp3) is 0.320. The van der Waals surface area contributed by atoms with Crippen LogP contribution in [-0.2, 0) is 0 Å². The van der Waals surface area contributed by atoms with Crippen molar-refractivity contribution in [3.05, 3.63) is 71.4 Å². The number of hydrogen-bond donors (Lipinski definition) is 1. The number of aromatic nitrogens is 2. The molecule has 0 saturated carbocycles. The van der Waals surface area contributed by atoms with Gasteiger partial charge in [-0.05, 0) is 50.1 Å². The fourth-order valence-electron chi connectivity index (χ4n) is 3.38. The van der Waals surface area contributed by atoms with E-state index >= 15 is 0 Å². The van der Waals surface area contributed by atoms with Crippen LogP contribution in [0.1, 0.15) is 61.1 Å². The number of carbonyl (C=O) groups excluding carboxylic acids is 1. The van der Waals surface area contributed by atoms with Gasteiger partial charge in [0.1, 0.15) is 0 Å². The van der Waals surface area contributed by atoms with Crippen LogP contribution in [0.4, 0.5) is 0 Å². The summed E-state index contributed by atoms with van der Waals surface area (Å²) in [6, 6.07) is 19.5. The Morgan fingerprint density at radius 1 is 1.13 bits per heavy atom. The zero-order valence-corrected chi connectivity index (χ0v) is 17.9. The lowest BCUT2D eigenvalue weighted by atomic mass is 10.1. The van der Waals surface area contributed by atoms with Crippen LogP contribution < -0.4 is 5.32 Å². The molecule has 0 saturated heterocycles. The molecule has 0 spiro atoms. The average Bonchev–Trinajstić information content (AvgIpc) is 3.22. The van der Waals surface area contributed by atoms with E-state index in [4.69, 9.17) is 5.26 Å². The molecule has 0 radical (unpaired) electrons. The highest BCUT2D eigenvalue weighted by Gasteiger charge is 2.19. The first-order chi connectivity index (χ1) is 14.5. The summed E-state index contributed by atoms with van der Waals surface area (Å²) >= 11 is 0. The zero-order valence-electron chi connectivity index (χ0n) is 17.9. The van der Waals surface area contributed by atoms with E-state index in [0.29, 0.717) is 11.3 Å². The minimum absolute atomic E-state index is 0.153. The quantitative estimate of drug-likeness (QED) is 0.549. The van der Waals surface area contributed by atoms with Gasteiger partial charge in [0.25, 0.3) is 5.91 Å². The first-order valence-electron chi connectivity index (χ1n) is 10.5. The molecule has 1 heterocycles. The summed E-state index contributed by atoms with van der Waals surface area (Å²) in [5.74, 6) is -0.154. The van der Waals surface area contributed by atoms with Gasteiger partial charge in [0, 0.05) is 11.6 Å². The molecule has 0 aliphatic rings. The van der Waals surface area contributed by atoms with E-state index in [1.54, 1.807) is 16.8 Å². The van der Waals surface area contributed by atoms with Gasteiger partial charge in [0.05, 0.1) is 23.0 Å². The Balaban J connectivity index is 1.98. The van der Waals surface area contributed by atoms with Crippen LogP contribution in [0.25, 0.3) is 16.9 Å². The van der Waals surface area contributed by atoms with Crippen molar-refractivity contribution in [2.45, 2.75) is 52.5 Å². The van der Waals surface area contributed by atoms with Crippen molar-refractivity contribution >= 4 is 5.91 Å². The van der Waals surface area contributed by atoms with E-state index in [-0.39, 0.29) is 11.9 Å². The van der Waals surface area contributed by atoms with Crippen molar-refractivity contribution in [2.75, 3.05) is 0 Å². The zero-order chi connectivity index (χ0) is 21.5. The standard InChI is InChI=1S/C25H28N4O/c1-4-6-7-21(5-2)27-25(30)23-16-24(20-12-10-19(17-26)11-13-20)29(28-23)22-14-8-18(3)9-15-22/h8-16,21H,4-7H2,1-3H3,(H,27,30). The number of rotatable bonds is 8. The Kier molecular flexibility index (Phi) is 7.03. The molecular weight excluding hydrogens is 372 g/mol. The fourth-order valence-corrected chi connectivity index (χ4v) is 3.38. The number of amides is 1. The number of hydrogen-bond acceptors (Lipinski definition) is 3. The first-order valence-corrected chi connectivity index (χ1v) is 10.5. The van der Waals surface area contributed by atoms with Crippen molar-refractivity contribution in [3.8, 4) is 23.0 Å². The predicted molar refractivity (Wildman–Crippen MR) is 120 cm³/mol. The molecule has 0 aliphatic heterocycles. The van der Waals surface area contributed by atoms with E-state index in [2.05, 4.69) is 30.3 Å². The normalized spacial score (nSPS) is 11.7. The summed E-state index contributed by atoms with van der Waals surface area (Å²) in [6.07, 6.45) is 4.07. The third kappa shape index (κ3) is 4.96. The lowest BCUT2D eigenvalue weighted by Crippen LogP contribution is -2.34. The summed E-state index contributed by atoms with van der Waals surface area (Å²) in [5, 5.41) is 16.8. The molecule has 1 amide bonds. The third-order valence-corrected chi connectivity index (χ3v) is 5.26. The van der Waals surface area contributed by atoms with Crippen LogP contribution in [0.5, 0.6) is 0 Å². The van der Waals surface area contributed by atoms with Crippen LogP contribution >= 0.6 is 0 Å². The van der Waals surface area contributed by atoms with Crippen LogP contribution in [0, 0.1) is 18.3 Å². The van der Waals surface area contributed by atoms with Gasteiger partial charge >= 0.3 is 0 Å². The number of nitriles is 1. The van der Waals surface area contributed by atoms with Crippen LogP contribution in [0.3, 0.4) is 0 Å². The molecule has 5 nitrogen and oxygen atoms in total. The second kappa shape index (κ2) is 9.89. The number of aryl methyl sites for hydroxylation is 1. The summed E-state index contributed by atoms with van der Waals surface area (Å²) in [5.41, 5.74) is 4.75. The minimum atomic E-state index is -0.154. The van der Waals surface area contributed by atoms with E-state index in [1.807, 2.05) is 49.4 Å². The Labute approximate surface area is 178 Å². The number of unbranched alkanes of at least 4 members (excludes halogenated alkanes) is 1. The molecule has 0 aliphatic carbocycles. The monoisotopic (exact) mass is 400 g/mol. The molecule has 1 N–H and O–H groups in total. The highest BCUT2D eigenvalue weighted by atomic mass is 16.2. The predicted octanol–water partition coefficient (Wildman–Crippen LogP) is 5.42. The highest BCUT2D eigenvalue weighted by molar-refractivity contribution is 5.93. The molecular formula is C25H28N4O. The Morgan fingerprint density at radius 3 is 2.43 bits per heavy atom. The summed E-state index contributed by atoms with van der Waals surface area (Å²) in [6.45, 7) is 6.28. The molecule has 0 bridgehead atoms. The van der Waals surface area contributed by atoms with Gasteiger partial charge in [0.2, 0.25) is 0 Å². The summed E-state index contributed by atoms with van der Waals surface area (Å²) < 4.78 is 1.79. The van der Waals surface area contributed by atoms with Crippen molar-refractivity contribution < 1.29 is 4.79 Å². The van der Waals surface area contributed by atoms with Crippen molar-refractivity contribution in [1.29, 1.82) is 5.26 Å². The van der Waals surface area contributed by atoms with Crippen molar-refractivity contribution in [2.24, 2.45) is 0 Å². The lowest BCUT2D eigenvalue weighted by molar-refractivity contribution is 0.0928. The average molecular weight is 401 g/mol. The summed E-state index contributed by atoms with van der Waals surface area (Å²) in [4.78, 5) is 12.9. The van der Waals surface area contributed by atoms with Gasteiger partial charge in [-0.15, -0.1) is 0 Å². The molecule has 1 aromatic heterocycles. The number of carbonyl (C=O) groups is 1. The molecule has 30 heavy (non-hydrogen) atoms. The van der Waals surface area contributed by atoms with Crippen molar-refractivity contribution in [1.82, 2.24) is 15.1 Å². The Morgan fingerprint density at radius 2 is 1.83 bits per heavy atom. The molecule has 154 valence electrons. The number of benzene rings is 2.